The zero-order valence-corrected chi connectivity index (χ0v) is 30.6. The maximum atomic E-state index is 13.8. The fraction of sp³-hybridized carbons (Fsp3) is 0.447. The zero-order valence-electron chi connectivity index (χ0n) is 30.6. The molecule has 50 heavy (non-hydrogen) atoms. The molecule has 2 heterocycles. The number of rotatable bonds is 13. The van der Waals surface area contributed by atoms with Crippen molar-refractivity contribution >= 4 is 28.8 Å². The maximum Gasteiger partial charge on any atom is 0.334 e. The number of hydrogen-bond donors (Lipinski definition) is 0. The number of methoxy groups -OCH3 is 4. The van der Waals surface area contributed by atoms with Crippen molar-refractivity contribution in [3.63, 3.8) is 0 Å². The van der Waals surface area contributed by atoms with Gasteiger partial charge >= 0.3 is 5.91 Å². The van der Waals surface area contributed by atoms with Gasteiger partial charge in [-0.3, -0.25) is 4.79 Å². The van der Waals surface area contributed by atoms with Crippen molar-refractivity contribution < 1.29 is 28.5 Å². The average molecular weight is 688 g/mol. The molecule has 1 aliphatic rings. The third-order valence-electron chi connectivity index (χ3n) is 9.80. The predicted octanol–water partition coefficient (Wildman–Crippen LogP) is 4.77. The second kappa shape index (κ2) is 15.8. The molecule has 3 aromatic carbocycles. The van der Waals surface area contributed by atoms with Crippen LogP contribution in [0.1, 0.15) is 41.6 Å². The van der Waals surface area contributed by atoms with Crippen molar-refractivity contribution in [1.29, 1.82) is 0 Å². The van der Waals surface area contributed by atoms with Crippen LogP contribution in [0.3, 0.4) is 0 Å². The molecule has 0 saturated carbocycles. The van der Waals surface area contributed by atoms with Crippen LogP contribution in [0.2, 0.25) is 0 Å². The second-order valence-corrected chi connectivity index (χ2v) is 13.2. The fourth-order valence-corrected chi connectivity index (χ4v) is 6.65. The Morgan fingerprint density at radius 1 is 0.880 bits per heavy atom. The van der Waals surface area contributed by atoms with E-state index in [1.165, 1.54) is 0 Å². The number of carbonyl (C=O) groups excluding carboxylic acids is 2. The number of carbonyl (C=O) groups is 2. The number of nitrogens with zero attached hydrogens (tertiary/aromatic N) is 6. The molecular weight excluding hydrogens is 636 g/mol. The third-order valence-corrected chi connectivity index (χ3v) is 9.80. The molecule has 1 unspecified atom stereocenters. The molecule has 1 atom stereocenters. The van der Waals surface area contributed by atoms with E-state index in [1.54, 1.807) is 52.4 Å². The van der Waals surface area contributed by atoms with Crippen LogP contribution in [0.15, 0.2) is 60.7 Å². The molecule has 0 N–H and O–H groups in total. The van der Waals surface area contributed by atoms with Crippen molar-refractivity contribution in [3.05, 3.63) is 71.8 Å². The lowest BCUT2D eigenvalue weighted by atomic mass is 9.94. The Balaban J connectivity index is 1.32. The summed E-state index contributed by atoms with van der Waals surface area (Å²) in [5.41, 5.74) is 3.42. The Bertz CT molecular complexity index is 1760. The van der Waals surface area contributed by atoms with Gasteiger partial charge in [-0.2, -0.15) is 4.59 Å². The van der Waals surface area contributed by atoms with Crippen LogP contribution >= 0.6 is 0 Å². The number of anilines is 1. The summed E-state index contributed by atoms with van der Waals surface area (Å²) in [5, 5.41) is 0. The molecule has 0 radical (unpaired) electrons. The van der Waals surface area contributed by atoms with Crippen molar-refractivity contribution in [2.45, 2.75) is 25.7 Å². The predicted molar refractivity (Wildman–Crippen MR) is 196 cm³/mol. The van der Waals surface area contributed by atoms with E-state index >= 15 is 0 Å². The van der Waals surface area contributed by atoms with Gasteiger partial charge in [0.1, 0.15) is 11.3 Å². The molecule has 0 spiro atoms. The highest BCUT2D eigenvalue weighted by Crippen LogP contribution is 2.38. The lowest BCUT2D eigenvalue weighted by molar-refractivity contribution is -0.131. The molecule has 2 amide bonds. The summed E-state index contributed by atoms with van der Waals surface area (Å²) in [5.74, 6) is 2.90. The van der Waals surface area contributed by atoms with Crippen LogP contribution in [0.25, 0.3) is 11.0 Å². The summed E-state index contributed by atoms with van der Waals surface area (Å²) in [6, 6.07) is 19.5. The van der Waals surface area contributed by atoms with E-state index in [-0.39, 0.29) is 22.3 Å². The first-order chi connectivity index (χ1) is 24.0. The minimum absolute atomic E-state index is 0.0316. The van der Waals surface area contributed by atoms with Crippen LogP contribution < -0.4 is 28.4 Å². The number of benzene rings is 3. The summed E-state index contributed by atoms with van der Waals surface area (Å²) < 4.78 is 24.0. The molecule has 1 aromatic heterocycles. The van der Waals surface area contributed by atoms with E-state index < -0.39 is 0 Å². The minimum Gasteiger partial charge on any atom is -0.497 e. The van der Waals surface area contributed by atoms with E-state index in [4.69, 9.17) is 23.9 Å². The summed E-state index contributed by atoms with van der Waals surface area (Å²) in [4.78, 5) is 38.2. The molecule has 12 heteroatoms. The van der Waals surface area contributed by atoms with Crippen LogP contribution in [-0.4, -0.2) is 120 Å². The highest BCUT2D eigenvalue weighted by Gasteiger charge is 2.33. The Hall–Kier alpha value is -4.81. The molecule has 12 nitrogen and oxygen atoms in total. The van der Waals surface area contributed by atoms with E-state index in [2.05, 4.69) is 21.9 Å². The lowest BCUT2D eigenvalue weighted by Gasteiger charge is -2.31. The smallest absolute Gasteiger partial charge is 0.334 e. The Morgan fingerprint density at radius 2 is 1.56 bits per heavy atom. The molecule has 1 aliphatic heterocycles. The number of imidazole rings is 1. The molecule has 5 rings (SSSR count). The van der Waals surface area contributed by atoms with Crippen molar-refractivity contribution in [1.82, 2.24) is 24.1 Å². The summed E-state index contributed by atoms with van der Waals surface area (Å²) in [7, 11) is 11.9. The molecule has 1 saturated heterocycles. The van der Waals surface area contributed by atoms with Gasteiger partial charge in [0.15, 0.2) is 11.5 Å². The Kier molecular flexibility index (Phi) is 11.5. The summed E-state index contributed by atoms with van der Waals surface area (Å²) in [6.07, 6.45) is 1.81. The molecule has 268 valence electrons. The van der Waals surface area contributed by atoms with Gasteiger partial charge in [0.2, 0.25) is 5.75 Å². The van der Waals surface area contributed by atoms with Gasteiger partial charge < -0.3 is 33.6 Å². The van der Waals surface area contributed by atoms with Gasteiger partial charge in [0, 0.05) is 44.7 Å². The van der Waals surface area contributed by atoms with Crippen molar-refractivity contribution in [3.8, 4) is 23.0 Å². The Labute approximate surface area is 295 Å². The number of aromatic nitrogens is 2. The van der Waals surface area contributed by atoms with Crippen molar-refractivity contribution in [2.24, 2.45) is 0 Å². The monoisotopic (exact) mass is 687 g/mol. The van der Waals surface area contributed by atoms with E-state index in [1.807, 2.05) is 62.2 Å². The standard InChI is InChI=1S/C38H51N6O6/c1-27(45)44(3,4)43-33-13-10-9-12-32(33)39-38(43)42-20-11-19-41(22-23-42)21-18-29(28-14-16-31(47-5)17-15-28)26-40(2)37(46)30-24-34(48-6)36(50-8)35(25-30)49-7/h9-10,12-17,24-25,29H,11,18-23,26H2,1-8H3/q+1. The zero-order chi connectivity index (χ0) is 36.0. The Morgan fingerprint density at radius 3 is 2.18 bits per heavy atom. The number of para-hydroxylation sites is 2. The van der Waals surface area contributed by atoms with Gasteiger partial charge in [0.05, 0.1) is 55.0 Å². The number of quaternary nitrogens is 1. The van der Waals surface area contributed by atoms with E-state index in [0.29, 0.717) is 29.4 Å². The molecule has 1 fully saturated rings. The number of likely N-dealkylation sites (N-methyl/N-ethyl adjacent to an activating group) is 1. The third kappa shape index (κ3) is 7.66. The first kappa shape index (κ1) is 36.5. The molecule has 4 aromatic rings. The van der Waals surface area contributed by atoms with Crippen LogP contribution in [0.5, 0.6) is 23.0 Å². The van der Waals surface area contributed by atoms with Crippen molar-refractivity contribution in [2.75, 3.05) is 93.8 Å². The molecular formula is C38H51N6O6+. The van der Waals surface area contributed by atoms with Gasteiger partial charge in [-0.25, -0.2) is 9.78 Å². The summed E-state index contributed by atoms with van der Waals surface area (Å²) in [6.45, 7) is 6.42. The van der Waals surface area contributed by atoms with Crippen LogP contribution in [0.4, 0.5) is 5.95 Å². The largest absolute Gasteiger partial charge is 0.497 e. The lowest BCUT2D eigenvalue weighted by Crippen LogP contribution is -2.55. The number of amides is 2. The maximum absolute atomic E-state index is 13.8. The SMILES string of the molecule is COc1ccc(C(CCN2CCCN(c3nc4ccccc4n3[N+](C)(C)C(C)=O)CC2)CN(C)C(=O)c2cc(OC)c(OC)c(OC)c2)cc1. The number of hydrogen-bond acceptors (Lipinski definition) is 9. The highest BCUT2D eigenvalue weighted by molar-refractivity contribution is 5.95. The topological polar surface area (TPSA) is 98.6 Å². The van der Waals surface area contributed by atoms with E-state index in [9.17, 15) is 9.59 Å². The number of ether oxygens (including phenoxy) is 4. The van der Waals surface area contributed by atoms with Gasteiger partial charge in [-0.15, -0.1) is 4.68 Å². The minimum atomic E-state index is -0.136. The van der Waals surface area contributed by atoms with E-state index in [0.717, 1.165) is 73.9 Å². The number of fused-ring (bicyclic) bond motifs is 1. The average Bonchev–Trinajstić information content (AvgIpc) is 3.37. The van der Waals surface area contributed by atoms with Crippen LogP contribution in [-0.2, 0) is 4.79 Å². The van der Waals surface area contributed by atoms with Gasteiger partial charge in [-0.1, -0.05) is 24.3 Å². The summed E-state index contributed by atoms with van der Waals surface area (Å²) >= 11 is 0. The van der Waals surface area contributed by atoms with Gasteiger partial charge in [0.25, 0.3) is 11.9 Å². The van der Waals surface area contributed by atoms with Crippen LogP contribution in [0, 0.1) is 0 Å². The van der Waals surface area contributed by atoms with Gasteiger partial charge in [-0.05, 0) is 67.9 Å². The molecule has 0 aliphatic carbocycles. The first-order valence-electron chi connectivity index (χ1n) is 17.0. The molecule has 0 bridgehead atoms. The first-order valence-corrected chi connectivity index (χ1v) is 17.0. The quantitative estimate of drug-likeness (QED) is 0.184. The fourth-order valence-electron chi connectivity index (χ4n) is 6.65. The second-order valence-electron chi connectivity index (χ2n) is 13.2. The normalized spacial score (nSPS) is 14.6. The highest BCUT2D eigenvalue weighted by atomic mass is 16.5.